The molecule has 162 valence electrons. The summed E-state index contributed by atoms with van der Waals surface area (Å²) in [6.07, 6.45) is -0.129. The number of nitrogens with one attached hydrogen (secondary N) is 2. The van der Waals surface area contributed by atoms with E-state index in [-0.39, 0.29) is 17.3 Å². The van der Waals surface area contributed by atoms with E-state index in [0.29, 0.717) is 17.5 Å². The van der Waals surface area contributed by atoms with Crippen LogP contribution >= 0.6 is 0 Å². The first-order valence-electron chi connectivity index (χ1n) is 9.31. The summed E-state index contributed by atoms with van der Waals surface area (Å²) in [5.74, 6) is -0.725. The molecule has 1 aromatic carbocycles. The van der Waals surface area contributed by atoms with Gasteiger partial charge in [0.1, 0.15) is 11.4 Å². The molecule has 0 bridgehead atoms. The molecule has 1 amide bonds. The second kappa shape index (κ2) is 8.46. The molecule has 4 aromatic rings. The Morgan fingerprint density at radius 1 is 1.06 bits per heavy atom. The monoisotopic (exact) mass is 440 g/mol. The molecular weight excluding hydrogens is 425 g/mol. The number of hydrogen-bond acceptors (Lipinski definition) is 5. The summed E-state index contributed by atoms with van der Waals surface area (Å²) in [7, 11) is 0. The van der Waals surface area contributed by atoms with Gasteiger partial charge in [-0.05, 0) is 23.3 Å². The second-order valence-corrected chi connectivity index (χ2v) is 6.68. The van der Waals surface area contributed by atoms with Crippen molar-refractivity contribution >= 4 is 12.1 Å². The second-order valence-electron chi connectivity index (χ2n) is 6.68. The van der Waals surface area contributed by atoms with Crippen LogP contribution in [0.2, 0.25) is 0 Å². The van der Waals surface area contributed by atoms with Crippen molar-refractivity contribution in [3.8, 4) is 5.95 Å². The number of pyridine rings is 1. The van der Waals surface area contributed by atoms with Gasteiger partial charge in [-0.1, -0.05) is 36.4 Å². The highest BCUT2D eigenvalue weighted by atomic mass is 19.4. The van der Waals surface area contributed by atoms with E-state index in [9.17, 15) is 22.8 Å². The number of aromatic amines is 1. The number of carbonyl (C=O) groups is 1. The highest BCUT2D eigenvalue weighted by Crippen LogP contribution is 2.35. The molecule has 4 rings (SSSR count). The van der Waals surface area contributed by atoms with Crippen molar-refractivity contribution < 1.29 is 18.0 Å². The van der Waals surface area contributed by atoms with Gasteiger partial charge in [0.15, 0.2) is 0 Å². The van der Waals surface area contributed by atoms with Crippen LogP contribution < -0.4 is 10.9 Å². The number of nitrogens with zero attached hydrogens (tertiary/aromatic N) is 4. The molecule has 3 heterocycles. The molecule has 1 atom stereocenters. The Morgan fingerprint density at radius 3 is 2.44 bits per heavy atom. The van der Waals surface area contributed by atoms with Crippen molar-refractivity contribution in [2.75, 3.05) is 5.32 Å². The Morgan fingerprint density at radius 2 is 1.84 bits per heavy atom. The van der Waals surface area contributed by atoms with Gasteiger partial charge in [0.2, 0.25) is 12.4 Å². The first-order valence-corrected chi connectivity index (χ1v) is 9.31. The number of benzene rings is 1. The van der Waals surface area contributed by atoms with Crippen LogP contribution in [0.4, 0.5) is 18.9 Å². The average molecular weight is 440 g/mol. The maximum absolute atomic E-state index is 13.0. The predicted octanol–water partition coefficient (Wildman–Crippen LogP) is 3.12. The van der Waals surface area contributed by atoms with E-state index < -0.39 is 23.3 Å². The molecule has 0 aliphatic heterocycles. The third kappa shape index (κ3) is 4.13. The first-order chi connectivity index (χ1) is 15.4. The summed E-state index contributed by atoms with van der Waals surface area (Å²) in [6.45, 7) is 0. The van der Waals surface area contributed by atoms with Gasteiger partial charge in [-0.2, -0.15) is 18.3 Å². The van der Waals surface area contributed by atoms with Crippen LogP contribution in [-0.4, -0.2) is 31.1 Å². The maximum Gasteiger partial charge on any atom is 0.433 e. The van der Waals surface area contributed by atoms with Gasteiger partial charge in [-0.25, -0.2) is 9.67 Å². The number of carbonyl (C=O) groups excluding carboxylic acids is 1. The minimum atomic E-state index is -4.60. The molecule has 0 fully saturated rings. The van der Waals surface area contributed by atoms with E-state index >= 15 is 0 Å². The van der Waals surface area contributed by atoms with E-state index in [4.69, 9.17) is 0 Å². The molecule has 3 aromatic heterocycles. The van der Waals surface area contributed by atoms with Crippen LogP contribution in [0.3, 0.4) is 0 Å². The lowest BCUT2D eigenvalue weighted by molar-refractivity contribution is -0.141. The van der Waals surface area contributed by atoms with Crippen molar-refractivity contribution in [1.29, 1.82) is 0 Å². The topological polar surface area (TPSA) is 106 Å². The van der Waals surface area contributed by atoms with E-state index in [1.54, 1.807) is 42.6 Å². The highest BCUT2D eigenvalue weighted by Gasteiger charge is 2.33. The molecule has 0 unspecified atom stereocenters. The van der Waals surface area contributed by atoms with Crippen LogP contribution in [0.15, 0.2) is 71.9 Å². The maximum atomic E-state index is 13.0. The summed E-state index contributed by atoms with van der Waals surface area (Å²) < 4.78 is 40.4. The highest BCUT2D eigenvalue weighted by molar-refractivity contribution is 5.73. The number of aromatic nitrogens is 5. The Hall–Kier alpha value is -4.28. The first kappa shape index (κ1) is 21.0. The quantitative estimate of drug-likeness (QED) is 0.448. The summed E-state index contributed by atoms with van der Waals surface area (Å²) in [6, 6.07) is 12.5. The summed E-state index contributed by atoms with van der Waals surface area (Å²) >= 11 is 0. The smallest absolute Gasteiger partial charge is 0.323 e. The number of rotatable bonds is 6. The SMILES string of the molecule is O=CNc1c([C@@H](c2ccccc2)c2ccc(C(F)(F)F)nc2)nc(-n2cccn2)[nH]c1=O. The molecule has 0 spiro atoms. The van der Waals surface area contributed by atoms with E-state index in [0.717, 1.165) is 12.3 Å². The van der Waals surface area contributed by atoms with Gasteiger partial charge in [0.25, 0.3) is 5.56 Å². The molecule has 0 aliphatic carbocycles. The number of alkyl halides is 3. The van der Waals surface area contributed by atoms with Gasteiger partial charge < -0.3 is 5.32 Å². The minimum Gasteiger partial charge on any atom is -0.323 e. The number of hydrogen-bond donors (Lipinski definition) is 2. The lowest BCUT2D eigenvalue weighted by Gasteiger charge is -2.20. The minimum absolute atomic E-state index is 0.0762. The molecule has 32 heavy (non-hydrogen) atoms. The number of H-pyrrole nitrogens is 1. The summed E-state index contributed by atoms with van der Waals surface area (Å²) in [5.41, 5.74) is -0.720. The van der Waals surface area contributed by atoms with Crippen LogP contribution in [0.5, 0.6) is 0 Å². The molecule has 0 saturated carbocycles. The lowest BCUT2D eigenvalue weighted by atomic mass is 9.88. The van der Waals surface area contributed by atoms with E-state index in [2.05, 4.69) is 25.4 Å². The Labute approximate surface area is 178 Å². The molecule has 0 radical (unpaired) electrons. The van der Waals surface area contributed by atoms with Crippen molar-refractivity contribution in [3.63, 3.8) is 0 Å². The van der Waals surface area contributed by atoms with Crippen molar-refractivity contribution in [1.82, 2.24) is 24.7 Å². The van der Waals surface area contributed by atoms with Crippen LogP contribution in [0.25, 0.3) is 5.95 Å². The fourth-order valence-electron chi connectivity index (χ4n) is 3.29. The van der Waals surface area contributed by atoms with Gasteiger partial charge >= 0.3 is 6.18 Å². The van der Waals surface area contributed by atoms with Gasteiger partial charge in [0, 0.05) is 18.6 Å². The third-order valence-electron chi connectivity index (χ3n) is 4.68. The zero-order valence-corrected chi connectivity index (χ0v) is 16.2. The number of amides is 1. The Balaban J connectivity index is 1.95. The lowest BCUT2D eigenvalue weighted by Crippen LogP contribution is -2.23. The van der Waals surface area contributed by atoms with Crippen molar-refractivity contribution in [2.24, 2.45) is 0 Å². The average Bonchev–Trinajstić information content (AvgIpc) is 3.31. The van der Waals surface area contributed by atoms with Gasteiger partial charge in [0.05, 0.1) is 11.6 Å². The van der Waals surface area contributed by atoms with Crippen LogP contribution in [-0.2, 0) is 11.0 Å². The van der Waals surface area contributed by atoms with Crippen LogP contribution in [0, 0.1) is 0 Å². The van der Waals surface area contributed by atoms with Gasteiger partial charge in [-0.3, -0.25) is 19.6 Å². The fraction of sp³-hybridized carbons (Fsp3) is 0.0952. The molecule has 0 saturated heterocycles. The standard InChI is InChI=1S/C21H15F3N6O2/c22-21(23,24)15-8-7-14(11-25-15)16(13-5-2-1-3-6-13)17-18(26-12-31)19(32)29-20(28-17)30-10-4-9-27-30/h1-12,16H,(H,26,31)(H,28,29,32)/t16-/m0/s1. The zero-order valence-electron chi connectivity index (χ0n) is 16.2. The summed E-state index contributed by atoms with van der Waals surface area (Å²) in [4.78, 5) is 34.5. The molecule has 0 aliphatic rings. The predicted molar refractivity (Wildman–Crippen MR) is 108 cm³/mol. The zero-order chi connectivity index (χ0) is 22.7. The van der Waals surface area contributed by atoms with E-state index in [1.807, 2.05) is 0 Å². The largest absolute Gasteiger partial charge is 0.433 e. The molecule has 2 N–H and O–H groups in total. The Bertz CT molecular complexity index is 1270. The molecular formula is C21H15F3N6O2. The molecule has 11 heteroatoms. The van der Waals surface area contributed by atoms with Gasteiger partial charge in [-0.15, -0.1) is 0 Å². The van der Waals surface area contributed by atoms with Crippen LogP contribution in [0.1, 0.15) is 28.4 Å². The fourth-order valence-corrected chi connectivity index (χ4v) is 3.29. The van der Waals surface area contributed by atoms with Crippen molar-refractivity contribution in [3.05, 3.63) is 100.0 Å². The number of halogens is 3. The molecule has 8 nitrogen and oxygen atoms in total. The Kier molecular flexibility index (Phi) is 5.54. The normalized spacial score (nSPS) is 12.3. The third-order valence-corrected chi connectivity index (χ3v) is 4.68. The van der Waals surface area contributed by atoms with Crippen molar-refractivity contribution in [2.45, 2.75) is 12.1 Å². The number of anilines is 1. The summed E-state index contributed by atoms with van der Waals surface area (Å²) in [5, 5.41) is 6.40. The van der Waals surface area contributed by atoms with E-state index in [1.165, 1.54) is 16.9 Å².